The Balaban J connectivity index is 1.54. The zero-order valence-corrected chi connectivity index (χ0v) is 14.3. The van der Waals surface area contributed by atoms with E-state index in [0.29, 0.717) is 31.7 Å². The molecule has 2 heterocycles. The molecule has 0 bridgehead atoms. The van der Waals surface area contributed by atoms with Crippen LogP contribution in [0.5, 0.6) is 0 Å². The van der Waals surface area contributed by atoms with Crippen molar-refractivity contribution < 1.29 is 14.6 Å². The largest absolute Gasteiger partial charge is 0.501 e. The highest BCUT2D eigenvalue weighted by Gasteiger charge is 2.38. The number of hydrogen-bond acceptors (Lipinski definition) is 4. The molecule has 1 aromatic rings. The first kappa shape index (κ1) is 17.0. The topological polar surface area (TPSA) is 53.0 Å². The van der Waals surface area contributed by atoms with Gasteiger partial charge in [-0.3, -0.25) is 9.69 Å². The van der Waals surface area contributed by atoms with Crippen LogP contribution in [-0.2, 0) is 16.1 Å². The van der Waals surface area contributed by atoms with Gasteiger partial charge in [-0.15, -0.1) is 0 Å². The van der Waals surface area contributed by atoms with Crippen LogP contribution >= 0.6 is 0 Å². The zero-order valence-electron chi connectivity index (χ0n) is 14.3. The Hall–Kier alpha value is -1.85. The highest BCUT2D eigenvalue weighted by atomic mass is 16.5. The Kier molecular flexibility index (Phi) is 5.21. The minimum Gasteiger partial charge on any atom is -0.501 e. The summed E-state index contributed by atoms with van der Waals surface area (Å²) < 4.78 is 5.25. The second-order valence-electron chi connectivity index (χ2n) is 6.95. The molecule has 1 saturated heterocycles. The molecule has 5 nitrogen and oxygen atoms in total. The molecule has 0 spiro atoms. The summed E-state index contributed by atoms with van der Waals surface area (Å²) in [5.41, 5.74) is 1.11. The maximum Gasteiger partial charge on any atom is 0.252 e. The van der Waals surface area contributed by atoms with Crippen LogP contribution < -0.4 is 0 Å². The normalized spacial score (nSPS) is 24.3. The monoisotopic (exact) mass is 330 g/mol. The van der Waals surface area contributed by atoms with Crippen molar-refractivity contribution in [3.63, 3.8) is 0 Å². The fourth-order valence-electron chi connectivity index (χ4n) is 3.53. The molecule has 0 aromatic heterocycles. The summed E-state index contributed by atoms with van der Waals surface area (Å²) in [5.74, 6) is -0.0374. The van der Waals surface area contributed by atoms with Gasteiger partial charge >= 0.3 is 0 Å². The van der Waals surface area contributed by atoms with E-state index in [9.17, 15) is 9.90 Å². The van der Waals surface area contributed by atoms with Crippen LogP contribution in [-0.4, -0.2) is 59.7 Å². The van der Waals surface area contributed by atoms with Crippen molar-refractivity contribution in [1.82, 2.24) is 9.80 Å². The highest BCUT2D eigenvalue weighted by Crippen LogP contribution is 2.25. The van der Waals surface area contributed by atoms with Gasteiger partial charge in [-0.1, -0.05) is 30.3 Å². The van der Waals surface area contributed by atoms with E-state index >= 15 is 0 Å². The number of likely N-dealkylation sites (tertiary alicyclic amines) is 1. The third-order valence-corrected chi connectivity index (χ3v) is 4.75. The average molecular weight is 330 g/mol. The molecule has 0 radical (unpaired) electrons. The zero-order chi connectivity index (χ0) is 17.0. The van der Waals surface area contributed by atoms with Gasteiger partial charge in [-0.05, 0) is 24.8 Å². The van der Waals surface area contributed by atoms with E-state index in [1.807, 2.05) is 18.2 Å². The summed E-state index contributed by atoms with van der Waals surface area (Å²) in [6, 6.07) is 10.3. The minimum atomic E-state index is -0.838. The Morgan fingerprint density at radius 3 is 2.88 bits per heavy atom. The van der Waals surface area contributed by atoms with Gasteiger partial charge in [-0.2, -0.15) is 0 Å². The first-order chi connectivity index (χ1) is 11.6. The van der Waals surface area contributed by atoms with Gasteiger partial charge < -0.3 is 14.7 Å². The third-order valence-electron chi connectivity index (χ3n) is 4.75. The third kappa shape index (κ3) is 4.16. The molecule has 1 unspecified atom stereocenters. The van der Waals surface area contributed by atoms with E-state index in [0.717, 1.165) is 25.9 Å². The number of nitrogens with zero attached hydrogens (tertiary/aromatic N) is 2. The van der Waals surface area contributed by atoms with Crippen molar-refractivity contribution in [2.75, 3.05) is 33.3 Å². The van der Waals surface area contributed by atoms with Gasteiger partial charge in [0, 0.05) is 26.7 Å². The molecule has 1 aromatic carbocycles. The fraction of sp³-hybridized carbons (Fsp3) is 0.526. The van der Waals surface area contributed by atoms with Crippen LogP contribution in [0.15, 0.2) is 42.2 Å². The number of aliphatic hydroxyl groups is 1. The molecule has 0 saturated carbocycles. The molecule has 3 rings (SSSR count). The maximum absolute atomic E-state index is 12.5. The van der Waals surface area contributed by atoms with Crippen LogP contribution in [0.2, 0.25) is 0 Å². The van der Waals surface area contributed by atoms with Crippen molar-refractivity contribution >= 4 is 5.91 Å². The number of carbonyl (C=O) groups is 1. The number of hydrogen-bond donors (Lipinski definition) is 1. The molecule has 1 N–H and O–H groups in total. The van der Waals surface area contributed by atoms with E-state index < -0.39 is 5.60 Å². The molecular formula is C19H26N2O3. The molecule has 1 atom stereocenters. The summed E-state index contributed by atoms with van der Waals surface area (Å²) >= 11 is 0. The van der Waals surface area contributed by atoms with Crippen molar-refractivity contribution in [3.05, 3.63) is 47.7 Å². The molecule has 5 heteroatoms. The van der Waals surface area contributed by atoms with Gasteiger partial charge in [0.1, 0.15) is 0 Å². The van der Waals surface area contributed by atoms with Crippen LogP contribution in [0.3, 0.4) is 0 Å². The predicted molar refractivity (Wildman–Crippen MR) is 92.2 cm³/mol. The Labute approximate surface area is 143 Å². The molecule has 2 aliphatic heterocycles. The van der Waals surface area contributed by atoms with E-state index in [-0.39, 0.29) is 5.91 Å². The number of ether oxygens (including phenoxy) is 1. The van der Waals surface area contributed by atoms with Crippen LogP contribution in [0.25, 0.3) is 0 Å². The summed E-state index contributed by atoms with van der Waals surface area (Å²) in [7, 11) is 1.76. The highest BCUT2D eigenvalue weighted by molar-refractivity contribution is 5.93. The minimum absolute atomic E-state index is 0.0374. The standard InChI is InChI=1S/C19H26N2O3/c1-20(18(22)17-8-5-11-24-13-17)14-19(23)9-10-21(15-19)12-16-6-3-2-4-7-16/h2-4,6-7,13,23H,5,8-12,14-15H2,1H3. The molecule has 1 amide bonds. The second kappa shape index (κ2) is 7.36. The van der Waals surface area contributed by atoms with Gasteiger partial charge in [0.15, 0.2) is 0 Å². The quantitative estimate of drug-likeness (QED) is 0.894. The number of rotatable bonds is 5. The Morgan fingerprint density at radius 1 is 1.38 bits per heavy atom. The lowest BCUT2D eigenvalue weighted by Gasteiger charge is -2.30. The first-order valence-electron chi connectivity index (χ1n) is 8.60. The molecular weight excluding hydrogens is 304 g/mol. The van der Waals surface area contributed by atoms with Gasteiger partial charge in [0.05, 0.1) is 30.6 Å². The van der Waals surface area contributed by atoms with E-state index in [4.69, 9.17) is 4.74 Å². The lowest BCUT2D eigenvalue weighted by Crippen LogP contribution is -2.46. The first-order valence-corrected chi connectivity index (χ1v) is 8.60. The van der Waals surface area contributed by atoms with Gasteiger partial charge in [-0.25, -0.2) is 0 Å². The summed E-state index contributed by atoms with van der Waals surface area (Å²) in [5, 5.41) is 10.9. The van der Waals surface area contributed by atoms with Crippen molar-refractivity contribution in [2.45, 2.75) is 31.4 Å². The summed E-state index contributed by atoms with van der Waals surface area (Å²) in [6.07, 6.45) is 3.89. The SMILES string of the molecule is CN(CC1(O)CCN(Cc2ccccc2)C1)C(=O)C1=COCCC1. The Bertz CT molecular complexity index is 602. The summed E-state index contributed by atoms with van der Waals surface area (Å²) in [4.78, 5) is 16.3. The molecule has 1 fully saturated rings. The van der Waals surface area contributed by atoms with Crippen LogP contribution in [0, 0.1) is 0 Å². The number of amides is 1. The van der Waals surface area contributed by atoms with E-state index in [1.54, 1.807) is 18.2 Å². The van der Waals surface area contributed by atoms with Gasteiger partial charge in [0.25, 0.3) is 5.91 Å². The Morgan fingerprint density at radius 2 is 2.17 bits per heavy atom. The number of benzene rings is 1. The fourth-order valence-corrected chi connectivity index (χ4v) is 3.53. The van der Waals surface area contributed by atoms with E-state index in [2.05, 4.69) is 17.0 Å². The number of β-amino-alcohol motifs (C(OH)–C–C–N with tert-alkyl or cyclic N) is 1. The van der Waals surface area contributed by atoms with Crippen LogP contribution in [0.1, 0.15) is 24.8 Å². The number of carbonyl (C=O) groups excluding carboxylic acids is 1. The van der Waals surface area contributed by atoms with Crippen LogP contribution in [0.4, 0.5) is 0 Å². The molecule has 0 aliphatic carbocycles. The molecule has 24 heavy (non-hydrogen) atoms. The predicted octanol–water partition coefficient (Wildman–Crippen LogP) is 1.78. The lowest BCUT2D eigenvalue weighted by atomic mass is 10.0. The second-order valence-corrected chi connectivity index (χ2v) is 6.95. The van der Waals surface area contributed by atoms with Gasteiger partial charge in [0.2, 0.25) is 0 Å². The smallest absolute Gasteiger partial charge is 0.252 e. The summed E-state index contributed by atoms with van der Waals surface area (Å²) in [6.45, 7) is 3.31. The van der Waals surface area contributed by atoms with E-state index in [1.165, 1.54) is 5.56 Å². The molecule has 130 valence electrons. The van der Waals surface area contributed by atoms with Crippen molar-refractivity contribution in [3.8, 4) is 0 Å². The van der Waals surface area contributed by atoms with Crippen molar-refractivity contribution in [2.24, 2.45) is 0 Å². The maximum atomic E-state index is 12.5. The average Bonchev–Trinajstić information content (AvgIpc) is 2.96. The lowest BCUT2D eigenvalue weighted by molar-refractivity contribution is -0.129. The molecule has 2 aliphatic rings. The van der Waals surface area contributed by atoms with Crippen molar-refractivity contribution in [1.29, 1.82) is 0 Å². The number of likely N-dealkylation sites (N-methyl/N-ethyl adjacent to an activating group) is 1.